The van der Waals surface area contributed by atoms with E-state index in [9.17, 15) is 13.2 Å². The van der Waals surface area contributed by atoms with Gasteiger partial charge in [-0.25, -0.2) is 4.79 Å². The SMILES string of the molecule is O=C(O)C(F)(F)F.c1ccc(CN2CCC(Oc3ccc4cnccc4c3)CC2)cc1. The van der Waals surface area contributed by atoms with Gasteiger partial charge in [-0.2, -0.15) is 13.2 Å². The van der Waals surface area contributed by atoms with Crippen LogP contribution in [0.25, 0.3) is 10.8 Å². The average molecular weight is 432 g/mol. The van der Waals surface area contributed by atoms with Crippen LogP contribution in [-0.4, -0.2) is 46.3 Å². The number of aliphatic carboxylic acids is 1. The lowest BCUT2D eigenvalue weighted by Gasteiger charge is -2.32. The van der Waals surface area contributed by atoms with E-state index >= 15 is 0 Å². The number of carboxylic acid groups (broad SMARTS) is 1. The molecule has 0 aliphatic carbocycles. The molecule has 3 aromatic rings. The quantitative estimate of drug-likeness (QED) is 0.635. The van der Waals surface area contributed by atoms with Crippen molar-refractivity contribution in [2.75, 3.05) is 13.1 Å². The topological polar surface area (TPSA) is 62.7 Å². The molecule has 1 N–H and O–H groups in total. The minimum atomic E-state index is -5.08. The zero-order valence-corrected chi connectivity index (χ0v) is 16.8. The van der Waals surface area contributed by atoms with E-state index in [1.807, 2.05) is 18.5 Å². The Kier molecular flexibility index (Phi) is 7.46. The molecule has 1 aromatic heterocycles. The fourth-order valence-electron chi connectivity index (χ4n) is 3.35. The van der Waals surface area contributed by atoms with Crippen LogP contribution in [0, 0.1) is 0 Å². The molecule has 4 rings (SSSR count). The minimum Gasteiger partial charge on any atom is -0.490 e. The van der Waals surface area contributed by atoms with Gasteiger partial charge in [0.05, 0.1) is 0 Å². The number of piperidine rings is 1. The molecule has 1 aliphatic heterocycles. The molecule has 2 aromatic carbocycles. The highest BCUT2D eigenvalue weighted by molar-refractivity contribution is 5.82. The Morgan fingerprint density at radius 1 is 1.06 bits per heavy atom. The van der Waals surface area contributed by atoms with Crippen molar-refractivity contribution in [2.45, 2.75) is 31.7 Å². The fraction of sp³-hybridized carbons (Fsp3) is 0.304. The van der Waals surface area contributed by atoms with Crippen LogP contribution in [0.5, 0.6) is 5.75 Å². The Hall–Kier alpha value is -3.13. The van der Waals surface area contributed by atoms with Crippen molar-refractivity contribution in [2.24, 2.45) is 0 Å². The summed E-state index contributed by atoms with van der Waals surface area (Å²) in [6, 6.07) is 19.0. The molecule has 1 fully saturated rings. The van der Waals surface area contributed by atoms with Crippen LogP contribution >= 0.6 is 0 Å². The van der Waals surface area contributed by atoms with E-state index in [1.165, 1.54) is 10.9 Å². The predicted octanol–water partition coefficient (Wildman–Crippen LogP) is 4.91. The maximum atomic E-state index is 10.6. The summed E-state index contributed by atoms with van der Waals surface area (Å²) in [4.78, 5) is 15.6. The molecule has 2 heterocycles. The Morgan fingerprint density at radius 3 is 2.39 bits per heavy atom. The van der Waals surface area contributed by atoms with Gasteiger partial charge in [0.2, 0.25) is 0 Å². The van der Waals surface area contributed by atoms with E-state index in [1.54, 1.807) is 0 Å². The van der Waals surface area contributed by atoms with Crippen molar-refractivity contribution in [1.82, 2.24) is 9.88 Å². The summed E-state index contributed by atoms with van der Waals surface area (Å²) in [7, 11) is 0. The summed E-state index contributed by atoms with van der Waals surface area (Å²) in [5, 5.41) is 9.46. The first-order valence-corrected chi connectivity index (χ1v) is 9.88. The van der Waals surface area contributed by atoms with Crippen molar-refractivity contribution in [3.63, 3.8) is 0 Å². The number of rotatable bonds is 4. The summed E-state index contributed by atoms with van der Waals surface area (Å²) in [5.74, 6) is -1.79. The highest BCUT2D eigenvalue weighted by atomic mass is 19.4. The van der Waals surface area contributed by atoms with Crippen LogP contribution in [-0.2, 0) is 11.3 Å². The largest absolute Gasteiger partial charge is 0.490 e. The monoisotopic (exact) mass is 432 g/mol. The van der Waals surface area contributed by atoms with Gasteiger partial charge >= 0.3 is 12.1 Å². The number of hydrogen-bond donors (Lipinski definition) is 1. The second-order valence-corrected chi connectivity index (χ2v) is 7.27. The summed E-state index contributed by atoms with van der Waals surface area (Å²) in [5.41, 5.74) is 1.39. The molecule has 1 saturated heterocycles. The third-order valence-corrected chi connectivity index (χ3v) is 4.94. The molecule has 0 unspecified atom stereocenters. The maximum Gasteiger partial charge on any atom is 0.490 e. The van der Waals surface area contributed by atoms with Gasteiger partial charge in [-0.3, -0.25) is 9.88 Å². The number of hydrogen-bond acceptors (Lipinski definition) is 4. The van der Waals surface area contributed by atoms with Crippen LogP contribution in [0.4, 0.5) is 13.2 Å². The third-order valence-electron chi connectivity index (χ3n) is 4.94. The summed E-state index contributed by atoms with van der Waals surface area (Å²) in [6.45, 7) is 3.23. The van der Waals surface area contributed by atoms with E-state index in [4.69, 9.17) is 14.6 Å². The normalized spacial score (nSPS) is 15.2. The van der Waals surface area contributed by atoms with E-state index < -0.39 is 12.1 Å². The minimum absolute atomic E-state index is 0.316. The predicted molar refractivity (Wildman–Crippen MR) is 111 cm³/mol. The van der Waals surface area contributed by atoms with Gasteiger partial charge < -0.3 is 9.84 Å². The third kappa shape index (κ3) is 6.96. The fourth-order valence-corrected chi connectivity index (χ4v) is 3.35. The zero-order chi connectivity index (χ0) is 22.3. The lowest BCUT2D eigenvalue weighted by Crippen LogP contribution is -2.37. The first-order valence-electron chi connectivity index (χ1n) is 9.88. The molecule has 0 spiro atoms. The number of halogens is 3. The molecule has 0 atom stereocenters. The Bertz CT molecular complexity index is 988. The number of fused-ring (bicyclic) bond motifs is 1. The van der Waals surface area contributed by atoms with Crippen LogP contribution in [0.3, 0.4) is 0 Å². The van der Waals surface area contributed by atoms with Crippen molar-refractivity contribution in [3.05, 3.63) is 72.6 Å². The van der Waals surface area contributed by atoms with Crippen molar-refractivity contribution < 1.29 is 27.8 Å². The van der Waals surface area contributed by atoms with Gasteiger partial charge in [-0.05, 0) is 48.1 Å². The molecule has 0 bridgehead atoms. The maximum absolute atomic E-state index is 10.6. The Morgan fingerprint density at radius 2 is 1.74 bits per heavy atom. The van der Waals surface area contributed by atoms with Gasteiger partial charge in [0, 0.05) is 37.4 Å². The van der Waals surface area contributed by atoms with Crippen LogP contribution in [0.1, 0.15) is 18.4 Å². The highest BCUT2D eigenvalue weighted by Gasteiger charge is 2.38. The Labute approximate surface area is 178 Å². The second-order valence-electron chi connectivity index (χ2n) is 7.27. The van der Waals surface area contributed by atoms with Gasteiger partial charge in [-0.1, -0.05) is 30.3 Å². The lowest BCUT2D eigenvalue weighted by molar-refractivity contribution is -0.192. The molecule has 8 heteroatoms. The van der Waals surface area contributed by atoms with Crippen LogP contribution in [0.15, 0.2) is 67.0 Å². The lowest BCUT2D eigenvalue weighted by atomic mass is 10.1. The number of nitrogens with zero attached hydrogens (tertiary/aromatic N) is 2. The standard InChI is InChI=1S/C21H22N2O.C2HF3O2/c1-2-4-17(5-3-1)16-23-12-9-20(10-13-23)24-21-7-6-19-15-22-11-8-18(19)14-21;3-2(4,5)1(6)7/h1-8,11,14-15,20H,9-10,12-13,16H2;(H,6,7). The Balaban J connectivity index is 0.000000339. The number of pyridine rings is 1. The molecular formula is C23H23F3N2O3. The molecule has 0 amide bonds. The van der Waals surface area contributed by atoms with Gasteiger partial charge in [0.25, 0.3) is 0 Å². The van der Waals surface area contributed by atoms with Crippen molar-refractivity contribution in [3.8, 4) is 5.75 Å². The zero-order valence-electron chi connectivity index (χ0n) is 16.8. The van der Waals surface area contributed by atoms with Crippen LogP contribution in [0.2, 0.25) is 0 Å². The highest BCUT2D eigenvalue weighted by Crippen LogP contribution is 2.24. The average Bonchev–Trinajstić information content (AvgIpc) is 2.76. The molecule has 164 valence electrons. The molecule has 0 radical (unpaired) electrons. The molecular weight excluding hydrogens is 409 g/mol. The summed E-state index contributed by atoms with van der Waals surface area (Å²) >= 11 is 0. The van der Waals surface area contributed by atoms with Gasteiger partial charge in [0.15, 0.2) is 0 Å². The second kappa shape index (κ2) is 10.3. The number of ether oxygens (including phenoxy) is 1. The van der Waals surface area contributed by atoms with Gasteiger partial charge in [0.1, 0.15) is 11.9 Å². The van der Waals surface area contributed by atoms with E-state index in [-0.39, 0.29) is 0 Å². The van der Waals surface area contributed by atoms with E-state index in [0.717, 1.165) is 43.6 Å². The first kappa shape index (κ1) is 22.6. The molecule has 0 saturated carbocycles. The van der Waals surface area contributed by atoms with Gasteiger partial charge in [-0.15, -0.1) is 0 Å². The number of likely N-dealkylation sites (tertiary alicyclic amines) is 1. The van der Waals surface area contributed by atoms with Crippen LogP contribution < -0.4 is 4.74 Å². The number of benzene rings is 2. The van der Waals surface area contributed by atoms with E-state index in [0.29, 0.717) is 6.10 Å². The molecule has 5 nitrogen and oxygen atoms in total. The summed E-state index contributed by atoms with van der Waals surface area (Å²) in [6.07, 6.45) is 1.12. The number of carbonyl (C=O) groups is 1. The smallest absolute Gasteiger partial charge is 0.490 e. The van der Waals surface area contributed by atoms with Crippen molar-refractivity contribution in [1.29, 1.82) is 0 Å². The number of carboxylic acids is 1. The number of alkyl halides is 3. The van der Waals surface area contributed by atoms with Crippen molar-refractivity contribution >= 4 is 16.7 Å². The first-order chi connectivity index (χ1) is 14.8. The molecule has 1 aliphatic rings. The molecule has 31 heavy (non-hydrogen) atoms. The number of aromatic nitrogens is 1. The summed E-state index contributed by atoms with van der Waals surface area (Å²) < 4.78 is 38.0. The van der Waals surface area contributed by atoms with E-state index in [2.05, 4.69) is 58.4 Å².